The molecule has 0 atom stereocenters. The minimum absolute atomic E-state index is 0.183. The summed E-state index contributed by atoms with van der Waals surface area (Å²) < 4.78 is 14.0. The summed E-state index contributed by atoms with van der Waals surface area (Å²) in [5.74, 6) is -0.211. The van der Waals surface area contributed by atoms with Crippen LogP contribution in [-0.2, 0) is 4.79 Å². The fourth-order valence-corrected chi connectivity index (χ4v) is 3.65. The summed E-state index contributed by atoms with van der Waals surface area (Å²) >= 11 is 0. The lowest BCUT2D eigenvalue weighted by Crippen LogP contribution is -2.41. The van der Waals surface area contributed by atoms with Gasteiger partial charge in [0, 0.05) is 37.5 Å². The molecule has 1 aromatic heterocycles. The number of benzene rings is 1. The smallest absolute Gasteiger partial charge is 0.272 e. The third-order valence-electron chi connectivity index (χ3n) is 5.44. The molecule has 0 unspecified atom stereocenters. The first kappa shape index (κ1) is 16.9. The number of rotatable bonds is 2. The van der Waals surface area contributed by atoms with E-state index in [4.69, 9.17) is 0 Å². The third-order valence-corrected chi connectivity index (χ3v) is 5.44. The first-order chi connectivity index (χ1) is 12.6. The quantitative estimate of drug-likeness (QED) is 0.832. The number of hydrogen-bond acceptors (Lipinski definition) is 3. The van der Waals surface area contributed by atoms with Gasteiger partial charge in [0.15, 0.2) is 0 Å². The lowest BCUT2D eigenvalue weighted by Gasteiger charge is -2.31. The highest BCUT2D eigenvalue weighted by molar-refractivity contribution is 5.95. The van der Waals surface area contributed by atoms with Crippen molar-refractivity contribution in [1.29, 1.82) is 0 Å². The van der Waals surface area contributed by atoms with E-state index in [2.05, 4.69) is 4.98 Å². The Bertz CT molecular complexity index is 850. The molecule has 1 saturated carbocycles. The molecule has 2 aromatic rings. The first-order valence-corrected chi connectivity index (χ1v) is 9.27. The summed E-state index contributed by atoms with van der Waals surface area (Å²) in [7, 11) is 0. The molecular formula is C20H22FN3O2. The molecule has 2 aliphatic rings. The van der Waals surface area contributed by atoms with Gasteiger partial charge in [0.1, 0.15) is 17.0 Å². The Morgan fingerprint density at radius 2 is 1.73 bits per heavy atom. The monoisotopic (exact) mass is 355 g/mol. The van der Waals surface area contributed by atoms with Gasteiger partial charge in [-0.2, -0.15) is 0 Å². The zero-order valence-electron chi connectivity index (χ0n) is 14.7. The number of aromatic nitrogens is 1. The van der Waals surface area contributed by atoms with Crippen molar-refractivity contribution in [2.75, 3.05) is 26.2 Å². The molecule has 26 heavy (non-hydrogen) atoms. The van der Waals surface area contributed by atoms with Gasteiger partial charge in [-0.05, 0) is 31.4 Å². The fourth-order valence-electron chi connectivity index (χ4n) is 3.65. The van der Waals surface area contributed by atoms with Crippen molar-refractivity contribution >= 4 is 22.7 Å². The summed E-state index contributed by atoms with van der Waals surface area (Å²) in [4.78, 5) is 33.1. The van der Waals surface area contributed by atoms with E-state index in [0.717, 1.165) is 25.7 Å². The molecule has 4 rings (SSSR count). The Morgan fingerprint density at radius 1 is 0.962 bits per heavy atom. The van der Waals surface area contributed by atoms with Crippen molar-refractivity contribution in [3.63, 3.8) is 0 Å². The molecule has 2 fully saturated rings. The molecule has 1 aliphatic heterocycles. The second-order valence-corrected chi connectivity index (χ2v) is 7.11. The molecule has 6 heteroatoms. The van der Waals surface area contributed by atoms with E-state index >= 15 is 0 Å². The summed E-state index contributed by atoms with van der Waals surface area (Å²) in [6.07, 6.45) is 3.88. The van der Waals surface area contributed by atoms with Crippen molar-refractivity contribution in [2.45, 2.75) is 25.7 Å². The normalized spacial score (nSPS) is 18.5. The lowest BCUT2D eigenvalue weighted by atomic mass is 9.84. The topological polar surface area (TPSA) is 53.5 Å². The van der Waals surface area contributed by atoms with Gasteiger partial charge in [-0.3, -0.25) is 9.59 Å². The molecule has 1 aromatic carbocycles. The molecule has 2 amide bonds. The second kappa shape index (κ2) is 7.02. The van der Waals surface area contributed by atoms with Gasteiger partial charge < -0.3 is 9.80 Å². The number of hydrogen-bond donors (Lipinski definition) is 0. The SMILES string of the molecule is O=C(c1ccc2cccc(F)c2n1)N1CCCN(C(=O)C2CCC2)CC1. The van der Waals surface area contributed by atoms with Crippen molar-refractivity contribution in [1.82, 2.24) is 14.8 Å². The van der Waals surface area contributed by atoms with Crippen molar-refractivity contribution < 1.29 is 14.0 Å². The molecule has 1 aliphatic carbocycles. The van der Waals surface area contributed by atoms with E-state index in [9.17, 15) is 14.0 Å². The highest BCUT2D eigenvalue weighted by Gasteiger charge is 2.31. The van der Waals surface area contributed by atoms with Crippen molar-refractivity contribution in [3.8, 4) is 0 Å². The molecule has 136 valence electrons. The number of amides is 2. The summed E-state index contributed by atoms with van der Waals surface area (Å²) in [5.41, 5.74) is 0.469. The van der Waals surface area contributed by atoms with Crippen LogP contribution >= 0.6 is 0 Å². The minimum Gasteiger partial charge on any atom is -0.341 e. The van der Waals surface area contributed by atoms with Gasteiger partial charge in [-0.1, -0.05) is 24.6 Å². The molecule has 0 bridgehead atoms. The molecule has 0 radical (unpaired) electrons. The molecule has 1 saturated heterocycles. The van der Waals surface area contributed by atoms with E-state index < -0.39 is 5.82 Å². The number of carbonyl (C=O) groups excluding carboxylic acids is 2. The average molecular weight is 355 g/mol. The van der Waals surface area contributed by atoms with Crippen LogP contribution in [0.25, 0.3) is 10.9 Å². The van der Waals surface area contributed by atoms with Gasteiger partial charge in [0.2, 0.25) is 5.91 Å². The second-order valence-electron chi connectivity index (χ2n) is 7.11. The average Bonchev–Trinajstić information content (AvgIpc) is 2.86. The van der Waals surface area contributed by atoms with Gasteiger partial charge in [0.25, 0.3) is 5.91 Å². The first-order valence-electron chi connectivity index (χ1n) is 9.27. The number of nitrogens with zero attached hydrogens (tertiary/aromatic N) is 3. The van der Waals surface area contributed by atoms with Crippen LogP contribution in [0, 0.1) is 11.7 Å². The van der Waals surface area contributed by atoms with Gasteiger partial charge in [-0.15, -0.1) is 0 Å². The Labute approximate surface area is 151 Å². The van der Waals surface area contributed by atoms with Crippen LogP contribution in [0.4, 0.5) is 4.39 Å². The highest BCUT2D eigenvalue weighted by Crippen LogP contribution is 2.28. The number of para-hydroxylation sites is 1. The largest absolute Gasteiger partial charge is 0.341 e. The maximum Gasteiger partial charge on any atom is 0.272 e. The Kier molecular flexibility index (Phi) is 4.57. The van der Waals surface area contributed by atoms with Crippen LogP contribution in [-0.4, -0.2) is 52.8 Å². The van der Waals surface area contributed by atoms with Crippen LogP contribution in [0.15, 0.2) is 30.3 Å². The summed E-state index contributed by atoms with van der Waals surface area (Å²) in [6.45, 7) is 2.33. The van der Waals surface area contributed by atoms with E-state index in [0.29, 0.717) is 31.6 Å². The van der Waals surface area contributed by atoms with Gasteiger partial charge in [-0.25, -0.2) is 9.37 Å². The summed E-state index contributed by atoms with van der Waals surface area (Å²) in [6, 6.07) is 8.12. The Hall–Kier alpha value is -2.50. The molecule has 0 spiro atoms. The van der Waals surface area contributed by atoms with E-state index in [1.807, 2.05) is 4.90 Å². The standard InChI is InChI=1S/C20H22FN3O2/c21-16-7-2-4-14-8-9-17(22-18(14)16)20(26)24-11-3-10-23(12-13-24)19(25)15-5-1-6-15/h2,4,7-9,15H,1,3,5-6,10-13H2. The number of fused-ring (bicyclic) bond motifs is 1. The molecule has 5 nitrogen and oxygen atoms in total. The number of carbonyl (C=O) groups is 2. The van der Waals surface area contributed by atoms with Crippen LogP contribution in [0.1, 0.15) is 36.2 Å². The minimum atomic E-state index is -0.426. The molecular weight excluding hydrogens is 333 g/mol. The Morgan fingerprint density at radius 3 is 2.50 bits per heavy atom. The molecule has 0 N–H and O–H groups in total. The van der Waals surface area contributed by atoms with Gasteiger partial charge in [0.05, 0.1) is 0 Å². The maximum absolute atomic E-state index is 14.0. The van der Waals surface area contributed by atoms with Crippen LogP contribution in [0.5, 0.6) is 0 Å². The van der Waals surface area contributed by atoms with Crippen molar-refractivity contribution in [3.05, 3.63) is 41.8 Å². The summed E-state index contributed by atoms with van der Waals surface area (Å²) in [5, 5.41) is 0.676. The lowest BCUT2D eigenvalue weighted by molar-refractivity contribution is -0.138. The van der Waals surface area contributed by atoms with E-state index in [-0.39, 0.29) is 28.9 Å². The predicted molar refractivity (Wildman–Crippen MR) is 96.1 cm³/mol. The van der Waals surface area contributed by atoms with E-state index in [1.165, 1.54) is 6.07 Å². The van der Waals surface area contributed by atoms with Gasteiger partial charge >= 0.3 is 0 Å². The molecule has 2 heterocycles. The number of pyridine rings is 1. The van der Waals surface area contributed by atoms with E-state index in [1.54, 1.807) is 29.2 Å². The highest BCUT2D eigenvalue weighted by atomic mass is 19.1. The zero-order valence-corrected chi connectivity index (χ0v) is 14.7. The maximum atomic E-state index is 14.0. The van der Waals surface area contributed by atoms with Crippen LogP contribution in [0.3, 0.4) is 0 Å². The van der Waals surface area contributed by atoms with Crippen molar-refractivity contribution in [2.24, 2.45) is 5.92 Å². The third kappa shape index (κ3) is 3.16. The Balaban J connectivity index is 1.48. The van der Waals surface area contributed by atoms with Crippen LogP contribution in [0.2, 0.25) is 0 Å². The van der Waals surface area contributed by atoms with Crippen LogP contribution < -0.4 is 0 Å². The zero-order chi connectivity index (χ0) is 18.1. The predicted octanol–water partition coefficient (Wildman–Crippen LogP) is 2.85. The number of halogens is 1. The fraction of sp³-hybridized carbons (Fsp3) is 0.450.